The van der Waals surface area contributed by atoms with Crippen LogP contribution >= 0.6 is 0 Å². The molecule has 1 aliphatic carbocycles. The Labute approximate surface area is 144 Å². The van der Waals surface area contributed by atoms with Gasteiger partial charge in [0.25, 0.3) is 0 Å². The maximum absolute atomic E-state index is 12.3. The highest BCUT2D eigenvalue weighted by atomic mass is 16.5. The van der Waals surface area contributed by atoms with Crippen molar-refractivity contribution in [3.8, 4) is 0 Å². The normalized spacial score (nSPS) is 23.4. The lowest BCUT2D eigenvalue weighted by molar-refractivity contribution is -0.167. The van der Waals surface area contributed by atoms with E-state index in [-0.39, 0.29) is 24.3 Å². The maximum atomic E-state index is 12.3. The summed E-state index contributed by atoms with van der Waals surface area (Å²) >= 11 is 0. The average Bonchev–Trinajstić information content (AvgIpc) is 2.61. The molecule has 0 amide bonds. The molecular formula is C18H30O6. The first-order valence-electron chi connectivity index (χ1n) is 9.04. The van der Waals surface area contributed by atoms with Crippen LogP contribution in [0.2, 0.25) is 0 Å². The summed E-state index contributed by atoms with van der Waals surface area (Å²) in [5.41, 5.74) is 0. The molecule has 138 valence electrons. The molecule has 0 saturated heterocycles. The minimum atomic E-state index is -0.631. The molecule has 1 saturated carbocycles. The van der Waals surface area contributed by atoms with Crippen LogP contribution in [-0.2, 0) is 28.6 Å². The number of hydrogen-bond acceptors (Lipinski definition) is 6. The van der Waals surface area contributed by atoms with Gasteiger partial charge >= 0.3 is 17.9 Å². The molecule has 0 spiro atoms. The lowest BCUT2D eigenvalue weighted by Crippen LogP contribution is -2.40. The molecule has 0 N–H and O–H groups in total. The summed E-state index contributed by atoms with van der Waals surface area (Å²) in [5.74, 6) is -2.58. The monoisotopic (exact) mass is 342 g/mol. The molecule has 3 atom stereocenters. The van der Waals surface area contributed by atoms with Gasteiger partial charge < -0.3 is 14.2 Å². The minimum Gasteiger partial charge on any atom is -0.465 e. The SMILES string of the molecule is CCCOC(=O)C1CCC(C(=O)OCCC)C(C(=O)OCCC)C1. The quantitative estimate of drug-likeness (QED) is 0.473. The molecule has 0 aliphatic heterocycles. The number of rotatable bonds is 9. The lowest BCUT2D eigenvalue weighted by atomic mass is 9.74. The predicted molar refractivity (Wildman–Crippen MR) is 88.1 cm³/mol. The first-order valence-corrected chi connectivity index (χ1v) is 9.04. The van der Waals surface area contributed by atoms with Crippen LogP contribution in [0, 0.1) is 17.8 Å². The topological polar surface area (TPSA) is 78.9 Å². The third kappa shape index (κ3) is 6.13. The first kappa shape index (κ1) is 20.5. The highest BCUT2D eigenvalue weighted by Gasteiger charge is 2.43. The van der Waals surface area contributed by atoms with Crippen LogP contribution in [-0.4, -0.2) is 37.7 Å². The van der Waals surface area contributed by atoms with Gasteiger partial charge in [0.2, 0.25) is 0 Å². The molecule has 0 aromatic carbocycles. The van der Waals surface area contributed by atoms with Crippen molar-refractivity contribution in [1.82, 2.24) is 0 Å². The highest BCUT2D eigenvalue weighted by molar-refractivity contribution is 5.83. The molecule has 3 unspecified atom stereocenters. The van der Waals surface area contributed by atoms with Gasteiger partial charge in [0, 0.05) is 0 Å². The smallest absolute Gasteiger partial charge is 0.309 e. The Morgan fingerprint density at radius 2 is 1.17 bits per heavy atom. The minimum absolute atomic E-state index is 0.287. The Morgan fingerprint density at radius 3 is 1.67 bits per heavy atom. The Morgan fingerprint density at radius 1 is 0.708 bits per heavy atom. The number of ether oxygens (including phenoxy) is 3. The second-order valence-electron chi connectivity index (χ2n) is 6.23. The Kier molecular flexibility index (Phi) is 9.42. The van der Waals surface area contributed by atoms with Crippen LogP contribution in [0.4, 0.5) is 0 Å². The average molecular weight is 342 g/mol. The highest BCUT2D eigenvalue weighted by Crippen LogP contribution is 2.36. The van der Waals surface area contributed by atoms with Gasteiger partial charge in [-0.25, -0.2) is 0 Å². The van der Waals surface area contributed by atoms with Crippen molar-refractivity contribution in [2.24, 2.45) is 17.8 Å². The lowest BCUT2D eigenvalue weighted by Gasteiger charge is -2.32. The molecule has 0 aromatic heterocycles. The largest absolute Gasteiger partial charge is 0.465 e. The van der Waals surface area contributed by atoms with Gasteiger partial charge in [0.15, 0.2) is 0 Å². The summed E-state index contributed by atoms with van der Waals surface area (Å²) in [7, 11) is 0. The van der Waals surface area contributed by atoms with E-state index < -0.39 is 17.8 Å². The molecule has 0 radical (unpaired) electrons. The fourth-order valence-electron chi connectivity index (χ4n) is 2.87. The number of carbonyl (C=O) groups is 3. The van der Waals surface area contributed by atoms with E-state index in [4.69, 9.17) is 14.2 Å². The molecule has 0 aromatic rings. The van der Waals surface area contributed by atoms with Gasteiger partial charge in [-0.2, -0.15) is 0 Å². The Balaban J connectivity index is 2.76. The van der Waals surface area contributed by atoms with E-state index in [1.165, 1.54) is 0 Å². The Bertz CT molecular complexity index is 420. The van der Waals surface area contributed by atoms with Crippen LogP contribution in [0.5, 0.6) is 0 Å². The molecule has 1 aliphatic rings. The number of carbonyl (C=O) groups excluding carboxylic acids is 3. The van der Waals surface area contributed by atoms with Crippen molar-refractivity contribution >= 4 is 17.9 Å². The van der Waals surface area contributed by atoms with E-state index >= 15 is 0 Å². The van der Waals surface area contributed by atoms with Gasteiger partial charge in [0.1, 0.15) is 0 Å². The van der Waals surface area contributed by atoms with Crippen molar-refractivity contribution in [3.63, 3.8) is 0 Å². The van der Waals surface area contributed by atoms with E-state index in [1.807, 2.05) is 20.8 Å². The summed E-state index contributed by atoms with van der Waals surface area (Å²) in [6.07, 6.45) is 3.47. The summed E-state index contributed by atoms with van der Waals surface area (Å²) < 4.78 is 15.6. The van der Waals surface area contributed by atoms with Crippen molar-refractivity contribution in [3.05, 3.63) is 0 Å². The summed E-state index contributed by atoms with van der Waals surface area (Å²) in [6, 6.07) is 0. The zero-order valence-corrected chi connectivity index (χ0v) is 15.0. The predicted octanol–water partition coefficient (Wildman–Crippen LogP) is 2.88. The van der Waals surface area contributed by atoms with Crippen molar-refractivity contribution in [1.29, 1.82) is 0 Å². The summed E-state index contributed by atoms with van der Waals surface area (Å²) in [6.45, 7) is 6.79. The summed E-state index contributed by atoms with van der Waals surface area (Å²) in [5, 5.41) is 0. The molecule has 0 bridgehead atoms. The van der Waals surface area contributed by atoms with Crippen molar-refractivity contribution < 1.29 is 28.6 Å². The summed E-state index contributed by atoms with van der Waals surface area (Å²) in [4.78, 5) is 36.7. The van der Waals surface area contributed by atoms with Crippen molar-refractivity contribution in [2.75, 3.05) is 19.8 Å². The van der Waals surface area contributed by atoms with Gasteiger partial charge in [-0.15, -0.1) is 0 Å². The zero-order valence-electron chi connectivity index (χ0n) is 15.0. The molecule has 1 fully saturated rings. The van der Waals surface area contributed by atoms with Crippen LogP contribution in [0.1, 0.15) is 59.3 Å². The van der Waals surface area contributed by atoms with E-state index in [0.29, 0.717) is 39.1 Å². The van der Waals surface area contributed by atoms with Crippen LogP contribution in [0.15, 0.2) is 0 Å². The van der Waals surface area contributed by atoms with Crippen LogP contribution in [0.3, 0.4) is 0 Å². The van der Waals surface area contributed by atoms with Crippen LogP contribution < -0.4 is 0 Å². The van der Waals surface area contributed by atoms with E-state index in [2.05, 4.69) is 0 Å². The van der Waals surface area contributed by atoms with E-state index in [9.17, 15) is 14.4 Å². The van der Waals surface area contributed by atoms with Crippen molar-refractivity contribution in [2.45, 2.75) is 59.3 Å². The van der Waals surface area contributed by atoms with E-state index in [0.717, 1.165) is 12.8 Å². The maximum Gasteiger partial charge on any atom is 0.309 e. The fraction of sp³-hybridized carbons (Fsp3) is 0.833. The first-order chi connectivity index (χ1) is 11.5. The molecule has 1 rings (SSSR count). The van der Waals surface area contributed by atoms with Gasteiger partial charge in [0.05, 0.1) is 37.6 Å². The molecule has 24 heavy (non-hydrogen) atoms. The molecular weight excluding hydrogens is 312 g/mol. The fourth-order valence-corrected chi connectivity index (χ4v) is 2.87. The zero-order chi connectivity index (χ0) is 17.9. The van der Waals surface area contributed by atoms with Gasteiger partial charge in [-0.1, -0.05) is 20.8 Å². The third-order valence-electron chi connectivity index (χ3n) is 4.13. The van der Waals surface area contributed by atoms with Gasteiger partial charge in [-0.3, -0.25) is 14.4 Å². The number of hydrogen-bond donors (Lipinski definition) is 0. The van der Waals surface area contributed by atoms with E-state index in [1.54, 1.807) is 0 Å². The molecule has 6 heteroatoms. The second-order valence-corrected chi connectivity index (χ2v) is 6.23. The standard InChI is InChI=1S/C18H30O6/c1-4-9-22-16(19)13-7-8-14(17(20)23-10-5-2)15(12-13)18(21)24-11-6-3/h13-15H,4-12H2,1-3H3. The Hall–Kier alpha value is -1.59. The third-order valence-corrected chi connectivity index (χ3v) is 4.13. The van der Waals surface area contributed by atoms with Gasteiger partial charge in [-0.05, 0) is 38.5 Å². The molecule has 6 nitrogen and oxygen atoms in total. The molecule has 0 heterocycles. The van der Waals surface area contributed by atoms with Crippen LogP contribution in [0.25, 0.3) is 0 Å². The number of esters is 3. The second kappa shape index (κ2) is 11.0.